The molecule has 0 saturated carbocycles. The summed E-state index contributed by atoms with van der Waals surface area (Å²) in [5.74, 6) is 0. The molecule has 1 saturated heterocycles. The molecular formula is C41H42FO8P. The standard InChI is InChI=1S/C41H42FO8P/c42-38-37(31-44-26-32-16-6-1-7-17-32)49-41(40(46-28-34-20-10-3-11-21-34)39(38)45-27-33-18-8-2-9-19-33)50-51(43,47-29-35-22-12-4-13-23-35)48-30-36-24-14-5-15-25-36/h1-25,37-41H,26-31H2/t37-,38+,39+,40-,41-/m1/s1. The Morgan fingerprint density at radius 2 is 0.882 bits per heavy atom. The van der Waals surface area contributed by atoms with Gasteiger partial charge in [-0.2, -0.15) is 0 Å². The van der Waals surface area contributed by atoms with Crippen LogP contribution in [0.2, 0.25) is 0 Å². The van der Waals surface area contributed by atoms with E-state index in [1.54, 1.807) is 0 Å². The van der Waals surface area contributed by atoms with Gasteiger partial charge in [0.2, 0.25) is 0 Å². The highest BCUT2D eigenvalue weighted by Crippen LogP contribution is 2.53. The van der Waals surface area contributed by atoms with Crippen molar-refractivity contribution in [1.82, 2.24) is 0 Å². The molecular weight excluding hydrogens is 670 g/mol. The minimum absolute atomic E-state index is 0.0710. The van der Waals surface area contributed by atoms with Crippen molar-refractivity contribution in [3.05, 3.63) is 179 Å². The van der Waals surface area contributed by atoms with Gasteiger partial charge in [0.05, 0.1) is 39.6 Å². The smallest absolute Gasteiger partial charge is 0.374 e. The number of hydrogen-bond donors (Lipinski definition) is 0. The van der Waals surface area contributed by atoms with Crippen molar-refractivity contribution in [1.29, 1.82) is 0 Å². The summed E-state index contributed by atoms with van der Waals surface area (Å²) in [6, 6.07) is 47.0. The Balaban J connectivity index is 1.28. The number of rotatable bonds is 18. The summed E-state index contributed by atoms with van der Waals surface area (Å²) in [7, 11) is -4.40. The second kappa shape index (κ2) is 19.0. The van der Waals surface area contributed by atoms with Gasteiger partial charge in [-0.15, -0.1) is 0 Å². The molecule has 1 fully saturated rings. The molecule has 5 aromatic carbocycles. The Labute approximate surface area is 298 Å². The van der Waals surface area contributed by atoms with E-state index in [1.165, 1.54) is 0 Å². The van der Waals surface area contributed by atoms with Crippen molar-refractivity contribution in [2.75, 3.05) is 6.61 Å². The molecule has 0 spiro atoms. The van der Waals surface area contributed by atoms with Gasteiger partial charge in [0.25, 0.3) is 0 Å². The van der Waals surface area contributed by atoms with Crippen LogP contribution in [0.3, 0.4) is 0 Å². The van der Waals surface area contributed by atoms with Gasteiger partial charge < -0.3 is 18.9 Å². The first-order chi connectivity index (χ1) is 25.0. The molecule has 0 bridgehead atoms. The molecule has 0 aromatic heterocycles. The predicted octanol–water partition coefficient (Wildman–Crippen LogP) is 9.00. The Kier molecular flexibility index (Phi) is 13.7. The van der Waals surface area contributed by atoms with E-state index in [2.05, 4.69) is 0 Å². The fourth-order valence-electron chi connectivity index (χ4n) is 5.53. The van der Waals surface area contributed by atoms with Crippen LogP contribution in [0.25, 0.3) is 0 Å². The fraction of sp³-hybridized carbons (Fsp3) is 0.268. The van der Waals surface area contributed by atoms with Gasteiger partial charge in [-0.05, 0) is 27.8 Å². The third-order valence-corrected chi connectivity index (χ3v) is 9.59. The van der Waals surface area contributed by atoms with Crippen LogP contribution in [0.4, 0.5) is 4.39 Å². The molecule has 5 aromatic rings. The van der Waals surface area contributed by atoms with Crippen LogP contribution in [0.1, 0.15) is 27.8 Å². The van der Waals surface area contributed by atoms with Gasteiger partial charge in [-0.25, -0.2) is 8.96 Å². The Hall–Kier alpha value is -4.02. The second-order valence-electron chi connectivity index (χ2n) is 12.1. The molecule has 0 unspecified atom stereocenters. The minimum Gasteiger partial charge on any atom is -0.374 e. The highest BCUT2D eigenvalue weighted by atomic mass is 31.2. The molecule has 6 rings (SSSR count). The van der Waals surface area contributed by atoms with Gasteiger partial charge in [0.15, 0.2) is 12.5 Å². The largest absolute Gasteiger partial charge is 0.477 e. The Morgan fingerprint density at radius 1 is 0.510 bits per heavy atom. The molecule has 5 atom stereocenters. The monoisotopic (exact) mass is 712 g/mol. The summed E-state index contributed by atoms with van der Waals surface area (Å²) >= 11 is 0. The summed E-state index contributed by atoms with van der Waals surface area (Å²) in [6.45, 7) is 0.140. The first-order valence-electron chi connectivity index (χ1n) is 16.9. The molecule has 0 amide bonds. The zero-order valence-corrected chi connectivity index (χ0v) is 29.0. The lowest BCUT2D eigenvalue weighted by molar-refractivity contribution is -0.294. The van der Waals surface area contributed by atoms with E-state index in [9.17, 15) is 4.57 Å². The molecule has 0 radical (unpaired) electrons. The number of ether oxygens (including phenoxy) is 4. The normalized spacial score (nSPS) is 20.6. The van der Waals surface area contributed by atoms with Crippen molar-refractivity contribution in [3.63, 3.8) is 0 Å². The SMILES string of the molecule is O=P(OCc1ccccc1)(OCc1ccccc1)O[C@H]1O[C@H](COCc2ccccc2)[C@H](F)[C@H](OCc2ccccc2)[C@H]1OCc1ccccc1. The Morgan fingerprint density at radius 3 is 1.31 bits per heavy atom. The highest BCUT2D eigenvalue weighted by molar-refractivity contribution is 7.48. The number of benzene rings is 5. The Bertz CT molecular complexity index is 1700. The molecule has 1 heterocycles. The highest BCUT2D eigenvalue weighted by Gasteiger charge is 2.51. The van der Waals surface area contributed by atoms with Crippen LogP contribution in [0.15, 0.2) is 152 Å². The first-order valence-corrected chi connectivity index (χ1v) is 18.4. The van der Waals surface area contributed by atoms with E-state index >= 15 is 4.39 Å². The third-order valence-electron chi connectivity index (χ3n) is 8.23. The van der Waals surface area contributed by atoms with Crippen molar-refractivity contribution >= 4 is 7.82 Å². The number of phosphoric ester groups is 1. The van der Waals surface area contributed by atoms with E-state index in [-0.39, 0.29) is 39.6 Å². The third kappa shape index (κ3) is 11.2. The average molecular weight is 713 g/mol. The average Bonchev–Trinajstić information content (AvgIpc) is 3.18. The first kappa shape index (κ1) is 36.8. The maximum Gasteiger partial charge on any atom is 0.477 e. The van der Waals surface area contributed by atoms with E-state index in [0.717, 1.165) is 27.8 Å². The van der Waals surface area contributed by atoms with E-state index in [0.29, 0.717) is 0 Å². The molecule has 266 valence electrons. The zero-order chi connectivity index (χ0) is 35.1. The summed E-state index contributed by atoms with van der Waals surface area (Å²) in [6.07, 6.45) is -6.66. The number of phosphoric acid groups is 1. The maximum atomic E-state index is 16.7. The molecule has 1 aliphatic heterocycles. The topological polar surface area (TPSA) is 81.7 Å². The van der Waals surface area contributed by atoms with Gasteiger partial charge in [-0.3, -0.25) is 13.6 Å². The summed E-state index contributed by atoms with van der Waals surface area (Å²) in [5.41, 5.74) is 4.11. The molecule has 0 aliphatic carbocycles. The number of halogens is 1. The van der Waals surface area contributed by atoms with Crippen LogP contribution in [0.5, 0.6) is 0 Å². The van der Waals surface area contributed by atoms with Crippen LogP contribution in [-0.4, -0.2) is 37.4 Å². The number of hydrogen-bond acceptors (Lipinski definition) is 8. The zero-order valence-electron chi connectivity index (χ0n) is 28.2. The lowest BCUT2D eigenvalue weighted by Gasteiger charge is -2.43. The van der Waals surface area contributed by atoms with Crippen LogP contribution < -0.4 is 0 Å². The van der Waals surface area contributed by atoms with Gasteiger partial charge in [-0.1, -0.05) is 152 Å². The van der Waals surface area contributed by atoms with Crippen molar-refractivity contribution in [3.8, 4) is 0 Å². The van der Waals surface area contributed by atoms with Crippen molar-refractivity contribution in [2.45, 2.75) is 63.8 Å². The predicted molar refractivity (Wildman–Crippen MR) is 191 cm³/mol. The second-order valence-corrected chi connectivity index (χ2v) is 13.7. The lowest BCUT2D eigenvalue weighted by Crippen LogP contribution is -2.59. The van der Waals surface area contributed by atoms with Crippen molar-refractivity contribution < 1.29 is 41.5 Å². The summed E-state index contributed by atoms with van der Waals surface area (Å²) in [5, 5.41) is 0. The van der Waals surface area contributed by atoms with Crippen LogP contribution in [-0.2, 0) is 70.1 Å². The van der Waals surface area contributed by atoms with Crippen molar-refractivity contribution in [2.24, 2.45) is 0 Å². The molecule has 51 heavy (non-hydrogen) atoms. The lowest BCUT2D eigenvalue weighted by atomic mass is 9.99. The molecule has 10 heteroatoms. The molecule has 0 N–H and O–H groups in total. The molecule has 8 nitrogen and oxygen atoms in total. The fourth-order valence-corrected chi connectivity index (χ4v) is 6.76. The summed E-state index contributed by atoms with van der Waals surface area (Å²) < 4.78 is 74.1. The van der Waals surface area contributed by atoms with E-state index < -0.39 is 38.6 Å². The number of alkyl halides is 1. The maximum absolute atomic E-state index is 16.7. The van der Waals surface area contributed by atoms with Gasteiger partial charge >= 0.3 is 7.82 Å². The minimum atomic E-state index is -4.40. The van der Waals surface area contributed by atoms with Crippen LogP contribution >= 0.6 is 7.82 Å². The van der Waals surface area contributed by atoms with Gasteiger partial charge in [0, 0.05) is 0 Å². The van der Waals surface area contributed by atoms with Gasteiger partial charge in [0.1, 0.15) is 18.3 Å². The quantitative estimate of drug-likeness (QED) is 0.0834. The van der Waals surface area contributed by atoms with E-state index in [1.807, 2.05) is 152 Å². The van der Waals surface area contributed by atoms with Crippen LogP contribution in [0, 0.1) is 0 Å². The summed E-state index contributed by atoms with van der Waals surface area (Å²) in [4.78, 5) is 0. The molecule has 1 aliphatic rings. The van der Waals surface area contributed by atoms with E-state index in [4.69, 9.17) is 32.5 Å².